The minimum absolute atomic E-state index is 0.0269. The largest absolute Gasteiger partial charge is 0.443 e. The van der Waals surface area contributed by atoms with Crippen molar-refractivity contribution in [2.75, 3.05) is 106 Å². The van der Waals surface area contributed by atoms with Crippen molar-refractivity contribution >= 4 is 92.5 Å². The van der Waals surface area contributed by atoms with Crippen molar-refractivity contribution in [3.05, 3.63) is 119 Å². The zero-order valence-electron chi connectivity index (χ0n) is 49.8. The third-order valence-corrected chi connectivity index (χ3v) is 13.7. The first-order chi connectivity index (χ1) is 42.5. The van der Waals surface area contributed by atoms with Crippen LogP contribution in [0, 0.1) is 11.4 Å². The van der Waals surface area contributed by atoms with Crippen LogP contribution in [-0.4, -0.2) is 139 Å². The van der Waals surface area contributed by atoms with Gasteiger partial charge in [0.2, 0.25) is 29.5 Å². The Morgan fingerprint density at radius 2 is 1.38 bits per heavy atom. The van der Waals surface area contributed by atoms with E-state index in [-0.39, 0.29) is 127 Å². The number of para-hydroxylation sites is 2. The Kier molecular flexibility index (Phi) is 27.1. The molecule has 1 aliphatic heterocycles. The Bertz CT molecular complexity index is 3220. The lowest BCUT2D eigenvalue weighted by Gasteiger charge is -2.29. The number of carbonyl (C=O) groups is 7. The molecule has 0 spiro atoms. The van der Waals surface area contributed by atoms with E-state index in [9.17, 15) is 33.6 Å². The number of ether oxygens (including phenoxy) is 5. The molecule has 28 nitrogen and oxygen atoms in total. The molecule has 28 heteroatoms. The predicted octanol–water partition coefficient (Wildman–Crippen LogP) is 4.80. The van der Waals surface area contributed by atoms with Crippen molar-refractivity contribution in [1.82, 2.24) is 31.7 Å². The summed E-state index contributed by atoms with van der Waals surface area (Å²) in [5, 5.41) is 22.3. The maximum atomic E-state index is 13.7. The molecule has 0 bridgehead atoms. The molecule has 0 saturated heterocycles. The second kappa shape index (κ2) is 35.2. The number of hydrogen-bond acceptors (Lipinski definition) is 20. The monoisotopic (exact) mass is 1220 g/mol. The number of hydrogen-bond donors (Lipinski definition) is 11. The van der Waals surface area contributed by atoms with Gasteiger partial charge in [0.25, 0.3) is 0 Å². The van der Waals surface area contributed by atoms with Crippen LogP contribution in [0.4, 0.5) is 38.2 Å². The van der Waals surface area contributed by atoms with Crippen LogP contribution in [0.5, 0.6) is 0 Å². The standard InChI is InChI=1S/C60H79N15O13/c1-38(2)52(58(80)70-46(17-11-26-67-59(63)81)57(79)68-41-21-19-39(20-22-41)37-87-60(82)73-88-74(4)55-43-14-7-9-16-45(43)69-56(62)54(55)65-3)71-49(77)25-28-83-30-32-85-34-35-86-33-31-84-29-27-66-48(76)23-24-50(78)75-36-40-12-5-6-13-42(40)53(72-64)51(61)44-15-8-10-18-47(44)75/h5-10,12-16,18-22,38,46,52,64-65H,11,17,23-37,61H2,1-4H3,(H2,62,69)(H,66,76)(H,68,79)(H,70,80)(H,71,77)(H,73,82)(H3,63,67,81)/b53-51-,72-64?/t46-,52-/m1/s1. The van der Waals surface area contributed by atoms with Crippen LogP contribution < -0.4 is 64.5 Å². The second-order valence-electron chi connectivity index (χ2n) is 20.3. The molecule has 88 heavy (non-hydrogen) atoms. The number of nitrogens with one attached hydrogen (secondary N) is 8. The normalized spacial score (nSPS) is 13.4. The van der Waals surface area contributed by atoms with Crippen molar-refractivity contribution in [3.8, 4) is 0 Å². The number of anilines is 5. The maximum Gasteiger partial charge on any atom is 0.433 e. The number of amides is 8. The van der Waals surface area contributed by atoms with Gasteiger partial charge < -0.3 is 77.7 Å². The lowest BCUT2D eigenvalue weighted by atomic mass is 9.96. The highest BCUT2D eigenvalue weighted by Crippen LogP contribution is 2.38. The summed E-state index contributed by atoms with van der Waals surface area (Å²) < 4.78 is 27.6. The molecule has 0 aliphatic carbocycles. The first-order valence-corrected chi connectivity index (χ1v) is 28.6. The van der Waals surface area contributed by atoms with E-state index in [0.717, 1.165) is 10.9 Å². The molecular weight excluding hydrogens is 1140 g/mol. The first kappa shape index (κ1) is 67.6. The molecule has 0 saturated carbocycles. The van der Waals surface area contributed by atoms with Gasteiger partial charge in [-0.15, -0.1) is 0 Å². The average Bonchev–Trinajstić information content (AvgIpc) is 2.50. The number of primary amides is 1. The third kappa shape index (κ3) is 20.6. The molecule has 6 rings (SSSR count). The molecule has 8 amide bonds. The van der Waals surface area contributed by atoms with Gasteiger partial charge in [0.15, 0.2) is 0 Å². The summed E-state index contributed by atoms with van der Waals surface area (Å²) in [5.41, 5.74) is 33.7. The second-order valence-corrected chi connectivity index (χ2v) is 20.3. The van der Waals surface area contributed by atoms with E-state index in [0.29, 0.717) is 63.9 Å². The van der Waals surface area contributed by atoms with E-state index in [4.69, 9.17) is 51.4 Å². The van der Waals surface area contributed by atoms with Gasteiger partial charge in [0.05, 0.1) is 76.3 Å². The molecule has 5 aromatic rings. The summed E-state index contributed by atoms with van der Waals surface area (Å²) in [4.78, 5) is 102. The Hall–Kier alpha value is -9.48. The van der Waals surface area contributed by atoms with E-state index >= 15 is 0 Å². The number of carbonyl (C=O) groups excluding carboxylic acids is 7. The van der Waals surface area contributed by atoms with Crippen LogP contribution >= 0.6 is 0 Å². The van der Waals surface area contributed by atoms with Gasteiger partial charge in [-0.25, -0.2) is 25.2 Å². The number of nitrogens with zero attached hydrogens (tertiary/aromatic N) is 4. The first-order valence-electron chi connectivity index (χ1n) is 28.6. The van der Waals surface area contributed by atoms with Crippen LogP contribution in [-0.2, 0) is 65.7 Å². The molecule has 0 radical (unpaired) electrons. The highest BCUT2D eigenvalue weighted by Gasteiger charge is 2.30. The maximum absolute atomic E-state index is 13.7. The zero-order valence-corrected chi connectivity index (χ0v) is 49.8. The molecule has 2 heterocycles. The number of aromatic nitrogens is 1. The van der Waals surface area contributed by atoms with E-state index in [2.05, 4.69) is 47.5 Å². The smallest absolute Gasteiger partial charge is 0.433 e. The predicted molar refractivity (Wildman–Crippen MR) is 329 cm³/mol. The summed E-state index contributed by atoms with van der Waals surface area (Å²) >= 11 is 0. The molecule has 1 aliphatic rings. The number of benzene rings is 4. The molecule has 14 N–H and O–H groups in total. The van der Waals surface area contributed by atoms with E-state index in [1.165, 1.54) is 5.06 Å². The summed E-state index contributed by atoms with van der Waals surface area (Å²) in [6, 6.07) is 25.4. The number of fused-ring (bicyclic) bond motifs is 3. The number of rotatable bonds is 35. The highest BCUT2D eigenvalue weighted by atomic mass is 16.8. The van der Waals surface area contributed by atoms with Crippen molar-refractivity contribution in [2.45, 2.75) is 71.2 Å². The van der Waals surface area contributed by atoms with Gasteiger partial charge in [-0.05, 0) is 54.2 Å². The van der Waals surface area contributed by atoms with Crippen LogP contribution in [0.15, 0.2) is 102 Å². The Morgan fingerprint density at radius 3 is 2.06 bits per heavy atom. The quantitative estimate of drug-likeness (QED) is 0.0147. The SMILES string of the molecule is CNc1c(N)nc2ccccc2c1N(C)ONC(=O)OCc1ccc(NC(=O)[C@@H](CCCNC(N)=O)NC(=O)[C@H](NC(=O)CCOCCOCCOCCOCCNC(=O)CCC(=O)N2Cc3ccccc3/C(N=N)=C(/N)c3ccccc32)C(C)C)cc1. The third-order valence-electron chi connectivity index (χ3n) is 13.7. The van der Waals surface area contributed by atoms with E-state index in [1.54, 1.807) is 87.4 Å². The Balaban J connectivity index is 0.814. The van der Waals surface area contributed by atoms with Gasteiger partial charge in [0, 0.05) is 68.6 Å². The van der Waals surface area contributed by atoms with Gasteiger partial charge >= 0.3 is 12.1 Å². The van der Waals surface area contributed by atoms with E-state index < -0.39 is 41.9 Å². The lowest BCUT2D eigenvalue weighted by Crippen LogP contribution is -2.54. The molecule has 0 unspecified atom stereocenters. The van der Waals surface area contributed by atoms with Gasteiger partial charge in [-0.2, -0.15) is 15.5 Å². The Labute approximate surface area is 509 Å². The highest BCUT2D eigenvalue weighted by molar-refractivity contribution is 6.03. The fraction of sp³-hybridized carbons (Fsp3) is 0.400. The molecule has 0 fully saturated rings. The topological polar surface area (TPSA) is 393 Å². The summed E-state index contributed by atoms with van der Waals surface area (Å²) in [6.45, 7) is 5.86. The van der Waals surface area contributed by atoms with Gasteiger partial charge in [0.1, 0.15) is 41.6 Å². The summed E-state index contributed by atoms with van der Waals surface area (Å²) in [7, 11) is 3.27. The van der Waals surface area contributed by atoms with Gasteiger partial charge in [-0.1, -0.05) is 86.6 Å². The van der Waals surface area contributed by atoms with Crippen molar-refractivity contribution in [3.63, 3.8) is 0 Å². The van der Waals surface area contributed by atoms with Crippen LogP contribution in [0.3, 0.4) is 0 Å². The zero-order chi connectivity index (χ0) is 63.4. The minimum atomic E-state index is -1.08. The molecular formula is C60H79N15O13. The lowest BCUT2D eigenvalue weighted by molar-refractivity contribution is -0.132. The van der Waals surface area contributed by atoms with Crippen LogP contribution in [0.2, 0.25) is 0 Å². The van der Waals surface area contributed by atoms with Crippen LogP contribution in [0.1, 0.15) is 68.2 Å². The average molecular weight is 1220 g/mol. The Morgan fingerprint density at radius 1 is 0.727 bits per heavy atom. The molecule has 1 aromatic heterocycles. The summed E-state index contributed by atoms with van der Waals surface area (Å²) in [6.07, 6.45) is -0.605. The van der Waals surface area contributed by atoms with Crippen molar-refractivity contribution < 1.29 is 62.2 Å². The number of hydroxylamine groups is 2. The number of nitrogen functional groups attached to an aromatic ring is 1. The summed E-state index contributed by atoms with van der Waals surface area (Å²) in [5.74, 6) is -2.27. The molecule has 2 atom stereocenters. The number of pyridine rings is 1. The minimum Gasteiger partial charge on any atom is -0.443 e. The van der Waals surface area contributed by atoms with Gasteiger partial charge in [-0.3, -0.25) is 24.0 Å². The number of nitrogens with two attached hydrogens (primary N) is 3. The fourth-order valence-electron chi connectivity index (χ4n) is 9.19. The fourth-order valence-corrected chi connectivity index (χ4v) is 9.19. The van der Waals surface area contributed by atoms with E-state index in [1.807, 2.05) is 42.5 Å². The van der Waals surface area contributed by atoms with Crippen molar-refractivity contribution in [2.24, 2.45) is 22.5 Å². The van der Waals surface area contributed by atoms with Crippen LogP contribution in [0.25, 0.3) is 22.3 Å². The molecule has 472 valence electrons. The van der Waals surface area contributed by atoms with Crippen molar-refractivity contribution in [1.29, 1.82) is 5.53 Å². The molecule has 4 aromatic carbocycles. The number of urea groups is 1.